The fourth-order valence-corrected chi connectivity index (χ4v) is 2.45. The van der Waals surface area contributed by atoms with Crippen LogP contribution in [0.2, 0.25) is 0 Å². The van der Waals surface area contributed by atoms with E-state index in [0.717, 1.165) is 17.1 Å². The van der Waals surface area contributed by atoms with E-state index < -0.39 is 12.1 Å². The molecule has 0 spiro atoms. The highest BCUT2D eigenvalue weighted by atomic mass is 16.6. The Labute approximate surface area is 145 Å². The second kappa shape index (κ2) is 7.74. The Morgan fingerprint density at radius 3 is 2.80 bits per heavy atom. The van der Waals surface area contributed by atoms with Crippen LogP contribution in [0.3, 0.4) is 0 Å². The van der Waals surface area contributed by atoms with Crippen molar-refractivity contribution in [1.82, 2.24) is 10.3 Å². The fourth-order valence-electron chi connectivity index (χ4n) is 2.45. The van der Waals surface area contributed by atoms with Gasteiger partial charge in [-0.1, -0.05) is 6.07 Å². The van der Waals surface area contributed by atoms with Crippen LogP contribution in [0.1, 0.15) is 22.8 Å². The Hall–Kier alpha value is -2.96. The number of H-pyrrole nitrogens is 1. The zero-order chi connectivity index (χ0) is 17.6. The molecular weight excluding hydrogens is 324 g/mol. The van der Waals surface area contributed by atoms with E-state index in [1.807, 2.05) is 18.2 Å². The molecule has 3 rings (SSSR count). The molecule has 0 fully saturated rings. The first-order valence-electron chi connectivity index (χ1n) is 8.13. The number of hydrogen-bond donors (Lipinski definition) is 2. The minimum absolute atomic E-state index is 0.332. The van der Waals surface area contributed by atoms with Crippen molar-refractivity contribution < 1.29 is 23.8 Å². The number of aromatic nitrogens is 1. The number of fused-ring (bicyclic) bond motifs is 1. The van der Waals surface area contributed by atoms with Gasteiger partial charge in [-0.15, -0.1) is 0 Å². The van der Waals surface area contributed by atoms with Gasteiger partial charge in [0.05, 0.1) is 5.56 Å². The number of benzene rings is 1. The van der Waals surface area contributed by atoms with Gasteiger partial charge in [0.25, 0.3) is 5.91 Å². The van der Waals surface area contributed by atoms with Crippen molar-refractivity contribution >= 4 is 11.9 Å². The summed E-state index contributed by atoms with van der Waals surface area (Å²) in [5.41, 5.74) is 1.41. The SMILES string of the molecule is CC(OC(=O)c1cc[nH]c1)C(=O)NCCc1ccc2c(c1)OCCO2. The van der Waals surface area contributed by atoms with Gasteiger partial charge in [0.1, 0.15) is 13.2 Å². The van der Waals surface area contributed by atoms with Crippen LogP contribution >= 0.6 is 0 Å². The molecule has 7 heteroatoms. The van der Waals surface area contributed by atoms with Crippen LogP contribution in [0.15, 0.2) is 36.7 Å². The second-order valence-corrected chi connectivity index (χ2v) is 5.67. The zero-order valence-corrected chi connectivity index (χ0v) is 13.9. The van der Waals surface area contributed by atoms with E-state index in [2.05, 4.69) is 10.3 Å². The summed E-state index contributed by atoms with van der Waals surface area (Å²) >= 11 is 0. The van der Waals surface area contributed by atoms with Crippen molar-refractivity contribution in [3.05, 3.63) is 47.8 Å². The largest absolute Gasteiger partial charge is 0.486 e. The number of carbonyl (C=O) groups is 2. The highest BCUT2D eigenvalue weighted by Gasteiger charge is 2.19. The molecule has 7 nitrogen and oxygen atoms in total. The summed E-state index contributed by atoms with van der Waals surface area (Å²) in [5.74, 6) is 0.602. The third kappa shape index (κ3) is 4.32. The van der Waals surface area contributed by atoms with Gasteiger partial charge in [-0.25, -0.2) is 4.79 Å². The number of ether oxygens (including phenoxy) is 3. The number of rotatable bonds is 6. The average Bonchev–Trinajstić information content (AvgIpc) is 3.16. The molecule has 2 N–H and O–H groups in total. The Morgan fingerprint density at radius 2 is 2.04 bits per heavy atom. The van der Waals surface area contributed by atoms with Gasteiger partial charge in [0.2, 0.25) is 0 Å². The first-order valence-corrected chi connectivity index (χ1v) is 8.13. The highest BCUT2D eigenvalue weighted by molar-refractivity contribution is 5.91. The Kier molecular flexibility index (Phi) is 5.23. The Morgan fingerprint density at radius 1 is 1.24 bits per heavy atom. The molecule has 1 amide bonds. The van der Waals surface area contributed by atoms with Crippen molar-refractivity contribution in [2.75, 3.05) is 19.8 Å². The lowest BCUT2D eigenvalue weighted by molar-refractivity contribution is -0.129. The van der Waals surface area contributed by atoms with Gasteiger partial charge < -0.3 is 24.5 Å². The molecule has 0 radical (unpaired) electrons. The normalized spacial score (nSPS) is 13.8. The van der Waals surface area contributed by atoms with Crippen molar-refractivity contribution in [2.45, 2.75) is 19.4 Å². The van der Waals surface area contributed by atoms with E-state index in [4.69, 9.17) is 14.2 Å². The van der Waals surface area contributed by atoms with E-state index in [1.54, 1.807) is 19.2 Å². The number of amides is 1. The lowest BCUT2D eigenvalue weighted by atomic mass is 10.1. The summed E-state index contributed by atoms with van der Waals surface area (Å²) in [4.78, 5) is 26.6. The Bertz CT molecular complexity index is 742. The van der Waals surface area contributed by atoms with Crippen LogP contribution in [0.25, 0.3) is 0 Å². The molecule has 25 heavy (non-hydrogen) atoms. The monoisotopic (exact) mass is 344 g/mol. The molecule has 0 bridgehead atoms. The van der Waals surface area contributed by atoms with E-state index in [-0.39, 0.29) is 5.91 Å². The smallest absolute Gasteiger partial charge is 0.340 e. The summed E-state index contributed by atoms with van der Waals surface area (Å²) in [5, 5.41) is 2.77. The van der Waals surface area contributed by atoms with Gasteiger partial charge in [-0.05, 0) is 37.1 Å². The van der Waals surface area contributed by atoms with Gasteiger partial charge >= 0.3 is 5.97 Å². The van der Waals surface area contributed by atoms with Crippen LogP contribution in [-0.2, 0) is 16.0 Å². The topological polar surface area (TPSA) is 89.7 Å². The maximum absolute atomic E-state index is 12.0. The number of esters is 1. The average molecular weight is 344 g/mol. The Balaban J connectivity index is 1.45. The van der Waals surface area contributed by atoms with Crippen LogP contribution < -0.4 is 14.8 Å². The standard InChI is InChI=1S/C18H20N2O5/c1-12(25-18(22)14-5-6-19-11-14)17(21)20-7-4-13-2-3-15-16(10-13)24-9-8-23-15/h2-3,5-6,10-12,19H,4,7-9H2,1H3,(H,20,21). The number of carbonyl (C=O) groups excluding carboxylic acids is 2. The summed E-state index contributed by atoms with van der Waals surface area (Å²) < 4.78 is 16.1. The van der Waals surface area contributed by atoms with Crippen molar-refractivity contribution in [1.29, 1.82) is 0 Å². The quantitative estimate of drug-likeness (QED) is 0.779. The molecule has 2 heterocycles. The predicted molar refractivity (Wildman–Crippen MR) is 89.8 cm³/mol. The van der Waals surface area contributed by atoms with Gasteiger partial charge in [0, 0.05) is 18.9 Å². The minimum Gasteiger partial charge on any atom is -0.486 e. The molecule has 0 saturated heterocycles. The number of aromatic amines is 1. The van der Waals surface area contributed by atoms with Crippen molar-refractivity contribution in [3.63, 3.8) is 0 Å². The maximum Gasteiger partial charge on any atom is 0.340 e. The zero-order valence-electron chi connectivity index (χ0n) is 13.9. The van der Waals surface area contributed by atoms with Crippen LogP contribution in [0.5, 0.6) is 11.5 Å². The summed E-state index contributed by atoms with van der Waals surface area (Å²) in [6.45, 7) is 3.08. The minimum atomic E-state index is -0.859. The maximum atomic E-state index is 12.0. The second-order valence-electron chi connectivity index (χ2n) is 5.67. The summed E-state index contributed by atoms with van der Waals surface area (Å²) in [7, 11) is 0. The highest BCUT2D eigenvalue weighted by Crippen LogP contribution is 2.30. The van der Waals surface area contributed by atoms with E-state index in [9.17, 15) is 9.59 Å². The molecule has 0 saturated carbocycles. The molecule has 1 unspecified atom stereocenters. The van der Waals surface area contributed by atoms with Crippen molar-refractivity contribution in [2.24, 2.45) is 0 Å². The molecule has 1 aromatic carbocycles. The predicted octanol–water partition coefficient (Wildman–Crippen LogP) is 1.69. The van der Waals surface area contributed by atoms with Gasteiger partial charge in [-0.2, -0.15) is 0 Å². The first kappa shape index (κ1) is 16.9. The van der Waals surface area contributed by atoms with Crippen LogP contribution in [-0.4, -0.2) is 42.7 Å². The van der Waals surface area contributed by atoms with Gasteiger partial charge in [-0.3, -0.25) is 4.79 Å². The molecule has 1 atom stereocenters. The molecule has 2 aromatic rings. The molecule has 1 aliphatic rings. The third-order valence-corrected chi connectivity index (χ3v) is 3.81. The molecule has 0 aliphatic carbocycles. The van der Waals surface area contributed by atoms with E-state index in [0.29, 0.717) is 31.7 Å². The number of hydrogen-bond acceptors (Lipinski definition) is 5. The van der Waals surface area contributed by atoms with Crippen LogP contribution in [0, 0.1) is 0 Å². The first-order chi connectivity index (χ1) is 12.1. The summed E-state index contributed by atoms with van der Waals surface area (Å²) in [6, 6.07) is 7.31. The van der Waals surface area contributed by atoms with E-state index in [1.165, 1.54) is 6.20 Å². The summed E-state index contributed by atoms with van der Waals surface area (Å²) in [6.07, 6.45) is 2.92. The van der Waals surface area contributed by atoms with Crippen molar-refractivity contribution in [3.8, 4) is 11.5 Å². The molecular formula is C18H20N2O5. The molecule has 1 aromatic heterocycles. The number of nitrogens with one attached hydrogen (secondary N) is 2. The van der Waals surface area contributed by atoms with E-state index >= 15 is 0 Å². The molecule has 1 aliphatic heterocycles. The van der Waals surface area contributed by atoms with Crippen LogP contribution in [0.4, 0.5) is 0 Å². The lowest BCUT2D eigenvalue weighted by Crippen LogP contribution is -2.36. The fraction of sp³-hybridized carbons (Fsp3) is 0.333. The third-order valence-electron chi connectivity index (χ3n) is 3.81. The van der Waals surface area contributed by atoms with Gasteiger partial charge in [0.15, 0.2) is 17.6 Å². The molecule has 132 valence electrons. The lowest BCUT2D eigenvalue weighted by Gasteiger charge is -2.19.